The standard InChI is InChI=1S/C34H39F4N9O3/c1-2-44-11-13-45(14-12-44)24-9-7-23(8-10-24)40-32(48)39-22-5-3-21(4-6-22)29-41-30(46-25-15-33(35,36)27(46)19-49-17-25)43-31(42-29)47-26-16-34(37,38)28(47)20-50-18-26/h3-10,25-28H,2,11-20H2,1H3,(H2,39,40,48). The average molecular weight is 698 g/mol. The normalized spacial score (nSPS) is 27.0. The number of anilines is 5. The summed E-state index contributed by atoms with van der Waals surface area (Å²) >= 11 is 0. The van der Waals surface area contributed by atoms with Gasteiger partial charge in [0.15, 0.2) is 5.82 Å². The molecule has 0 aliphatic carbocycles. The van der Waals surface area contributed by atoms with Gasteiger partial charge in [-0.3, -0.25) is 0 Å². The molecule has 4 atom stereocenters. The van der Waals surface area contributed by atoms with Crippen LogP contribution < -0.4 is 25.3 Å². The first-order valence-electron chi connectivity index (χ1n) is 17.1. The molecule has 2 amide bonds. The zero-order chi connectivity index (χ0) is 34.6. The number of nitrogens with one attached hydrogen (secondary N) is 2. The minimum Gasteiger partial charge on any atom is -0.377 e. The fourth-order valence-electron chi connectivity index (χ4n) is 7.72. The third-order valence-corrected chi connectivity index (χ3v) is 10.4. The summed E-state index contributed by atoms with van der Waals surface area (Å²) in [5.74, 6) is -5.94. The van der Waals surface area contributed by atoms with Gasteiger partial charge in [-0.2, -0.15) is 15.0 Å². The number of halogens is 4. The molecule has 5 aliphatic rings. The van der Waals surface area contributed by atoms with Gasteiger partial charge in [-0.1, -0.05) is 6.92 Å². The Kier molecular flexibility index (Phi) is 8.42. The first-order valence-corrected chi connectivity index (χ1v) is 17.1. The Hall–Kier alpha value is -4.28. The smallest absolute Gasteiger partial charge is 0.323 e. The molecule has 1 aromatic heterocycles. The molecule has 12 nitrogen and oxygen atoms in total. The van der Waals surface area contributed by atoms with Crippen LogP contribution in [0.15, 0.2) is 48.5 Å². The van der Waals surface area contributed by atoms with E-state index < -0.39 is 54.9 Å². The molecule has 6 heterocycles. The summed E-state index contributed by atoms with van der Waals surface area (Å²) in [5.41, 5.74) is 2.74. The van der Waals surface area contributed by atoms with Crippen LogP contribution in [0.5, 0.6) is 0 Å². The number of nitrogens with zero attached hydrogens (tertiary/aromatic N) is 7. The Labute approximate surface area is 286 Å². The molecule has 5 fully saturated rings. The summed E-state index contributed by atoms with van der Waals surface area (Å²) in [5, 5.41) is 5.66. The van der Waals surface area contributed by atoms with Gasteiger partial charge >= 0.3 is 6.03 Å². The van der Waals surface area contributed by atoms with Crippen molar-refractivity contribution < 1.29 is 31.8 Å². The summed E-state index contributed by atoms with van der Waals surface area (Å²) in [6.07, 6.45) is -0.838. The lowest BCUT2D eigenvalue weighted by Crippen LogP contribution is -2.52. The van der Waals surface area contributed by atoms with Crippen LogP contribution in [0.2, 0.25) is 0 Å². The first kappa shape index (κ1) is 32.9. The van der Waals surface area contributed by atoms with Gasteiger partial charge in [-0.05, 0) is 55.1 Å². The zero-order valence-corrected chi connectivity index (χ0v) is 27.6. The Morgan fingerprint density at radius 3 is 1.72 bits per heavy atom. The number of hydrogen-bond donors (Lipinski definition) is 2. The first-order chi connectivity index (χ1) is 24.1. The van der Waals surface area contributed by atoms with E-state index in [0.717, 1.165) is 38.4 Å². The lowest BCUT2D eigenvalue weighted by molar-refractivity contribution is -0.0248. The van der Waals surface area contributed by atoms with Gasteiger partial charge in [-0.25, -0.2) is 22.4 Å². The Morgan fingerprint density at radius 2 is 1.24 bits per heavy atom. The van der Waals surface area contributed by atoms with Crippen molar-refractivity contribution >= 4 is 35.0 Å². The van der Waals surface area contributed by atoms with Gasteiger partial charge in [0.1, 0.15) is 12.1 Å². The van der Waals surface area contributed by atoms with Gasteiger partial charge in [0.2, 0.25) is 11.9 Å². The molecule has 0 radical (unpaired) electrons. The van der Waals surface area contributed by atoms with Gasteiger partial charge in [-0.15, -0.1) is 0 Å². The average Bonchev–Trinajstić information content (AvgIpc) is 3.37. The maximum atomic E-state index is 15.0. The number of hydrogen-bond acceptors (Lipinski definition) is 10. The Morgan fingerprint density at radius 1 is 0.740 bits per heavy atom. The third-order valence-electron chi connectivity index (χ3n) is 10.4. The minimum absolute atomic E-state index is 0.00880. The number of benzene rings is 2. The number of alkyl halides is 4. The van der Waals surface area contributed by atoms with Crippen molar-refractivity contribution in [2.75, 3.05) is 84.5 Å². The Balaban J connectivity index is 1.00. The maximum absolute atomic E-state index is 15.0. The fourth-order valence-corrected chi connectivity index (χ4v) is 7.72. The van der Waals surface area contributed by atoms with Crippen LogP contribution >= 0.6 is 0 Å². The molecule has 5 aliphatic heterocycles. The van der Waals surface area contributed by atoms with E-state index in [1.807, 2.05) is 24.3 Å². The quantitative estimate of drug-likeness (QED) is 0.342. The van der Waals surface area contributed by atoms with Crippen molar-refractivity contribution in [3.05, 3.63) is 48.5 Å². The van der Waals surface area contributed by atoms with Crippen molar-refractivity contribution in [3.63, 3.8) is 0 Å². The highest BCUT2D eigenvalue weighted by Crippen LogP contribution is 2.45. The lowest BCUT2D eigenvalue weighted by Gasteiger charge is -2.37. The molecule has 0 spiro atoms. The highest BCUT2D eigenvalue weighted by molar-refractivity contribution is 6.00. The van der Waals surface area contributed by atoms with Crippen LogP contribution in [-0.4, -0.2) is 121 Å². The number of fused-ring (bicyclic) bond motifs is 4. The molecule has 16 heteroatoms. The van der Waals surface area contributed by atoms with E-state index in [9.17, 15) is 22.4 Å². The molecule has 2 aromatic carbocycles. The number of ether oxygens (including phenoxy) is 2. The van der Waals surface area contributed by atoms with Crippen LogP contribution in [-0.2, 0) is 9.47 Å². The number of morpholine rings is 2. The van der Waals surface area contributed by atoms with Crippen LogP contribution in [0.3, 0.4) is 0 Å². The van der Waals surface area contributed by atoms with Crippen LogP contribution in [0.25, 0.3) is 11.4 Å². The second kappa shape index (κ2) is 12.8. The van der Waals surface area contributed by atoms with Crippen molar-refractivity contribution in [1.29, 1.82) is 0 Å². The SMILES string of the molecule is CCN1CCN(c2ccc(NC(=O)Nc3ccc(-c4nc(N5C6COCC5C(F)(F)C6)nc(N5C6COCC5C(F)(F)C6)n4)cc3)cc2)CC1. The highest BCUT2D eigenvalue weighted by Gasteiger charge is 2.59. The topological polar surface area (TPSA) is 111 Å². The fraction of sp³-hybridized carbons (Fsp3) is 0.529. The number of rotatable bonds is 7. The molecule has 5 saturated heterocycles. The third kappa shape index (κ3) is 6.17. The maximum Gasteiger partial charge on any atom is 0.323 e. The molecule has 3 aromatic rings. The molecule has 0 saturated carbocycles. The summed E-state index contributed by atoms with van der Waals surface area (Å²) in [4.78, 5) is 34.2. The van der Waals surface area contributed by atoms with Crippen LogP contribution in [0.4, 0.5) is 51.3 Å². The van der Waals surface area contributed by atoms with Gasteiger partial charge < -0.3 is 39.7 Å². The van der Waals surface area contributed by atoms with E-state index in [2.05, 4.69) is 42.3 Å². The summed E-state index contributed by atoms with van der Waals surface area (Å²) in [7, 11) is 0. The van der Waals surface area contributed by atoms with Crippen molar-refractivity contribution in [2.45, 2.75) is 55.8 Å². The van der Waals surface area contributed by atoms with Crippen molar-refractivity contribution in [1.82, 2.24) is 19.9 Å². The summed E-state index contributed by atoms with van der Waals surface area (Å²) < 4.78 is 70.8. The molecule has 2 N–H and O–H groups in total. The summed E-state index contributed by atoms with van der Waals surface area (Å²) in [6, 6.07) is 10.1. The molecule has 8 rings (SSSR count). The molecule has 4 unspecified atom stereocenters. The van der Waals surface area contributed by atoms with E-state index in [1.165, 1.54) is 9.80 Å². The van der Waals surface area contributed by atoms with Crippen molar-refractivity contribution in [3.8, 4) is 11.4 Å². The van der Waals surface area contributed by atoms with Gasteiger partial charge in [0.05, 0.1) is 38.5 Å². The number of piperazine rings is 1. The number of urea groups is 1. The monoisotopic (exact) mass is 697 g/mol. The highest BCUT2D eigenvalue weighted by atomic mass is 19.3. The Bertz CT molecular complexity index is 1650. The van der Waals surface area contributed by atoms with E-state index in [0.29, 0.717) is 16.9 Å². The van der Waals surface area contributed by atoms with E-state index in [-0.39, 0.29) is 44.1 Å². The number of carbonyl (C=O) groups excluding carboxylic acids is 1. The van der Waals surface area contributed by atoms with E-state index in [1.54, 1.807) is 24.3 Å². The lowest BCUT2D eigenvalue weighted by atomic mass is 10.1. The molecule has 50 heavy (non-hydrogen) atoms. The molecular weight excluding hydrogens is 658 g/mol. The van der Waals surface area contributed by atoms with Crippen LogP contribution in [0.1, 0.15) is 19.8 Å². The van der Waals surface area contributed by atoms with E-state index in [4.69, 9.17) is 9.47 Å². The summed E-state index contributed by atoms with van der Waals surface area (Å²) in [6.45, 7) is 6.92. The molecule has 266 valence electrons. The molecule has 4 bridgehead atoms. The number of likely N-dealkylation sites (N-methyl/N-ethyl adjacent to an activating group) is 1. The number of amides is 2. The van der Waals surface area contributed by atoms with E-state index >= 15 is 0 Å². The molecular formula is C34H39F4N9O3. The number of carbonyl (C=O) groups is 1. The van der Waals surface area contributed by atoms with Crippen LogP contribution in [0, 0.1) is 0 Å². The zero-order valence-electron chi connectivity index (χ0n) is 27.6. The number of aromatic nitrogens is 3. The minimum atomic E-state index is -3.03. The largest absolute Gasteiger partial charge is 0.377 e. The second-order valence-electron chi connectivity index (χ2n) is 13.5. The second-order valence-corrected chi connectivity index (χ2v) is 13.5. The predicted octanol–water partition coefficient (Wildman–Crippen LogP) is 4.55. The van der Waals surface area contributed by atoms with Gasteiger partial charge in [0.25, 0.3) is 11.8 Å². The van der Waals surface area contributed by atoms with Gasteiger partial charge in [0, 0.05) is 61.6 Å². The van der Waals surface area contributed by atoms with Crippen molar-refractivity contribution in [2.24, 2.45) is 0 Å². The predicted molar refractivity (Wildman–Crippen MR) is 180 cm³/mol.